The number of rotatable bonds is 2. The van der Waals surface area contributed by atoms with E-state index in [4.69, 9.17) is 11.6 Å². The van der Waals surface area contributed by atoms with Crippen molar-refractivity contribution in [3.05, 3.63) is 28.8 Å². The highest BCUT2D eigenvalue weighted by molar-refractivity contribution is 9.08. The minimum absolute atomic E-state index is 0.386. The zero-order valence-corrected chi connectivity index (χ0v) is 13.7. The predicted octanol–water partition coefficient (Wildman–Crippen LogP) is 5.11. The zero-order chi connectivity index (χ0) is 13.3. The number of nitrogens with zero attached hydrogens (tertiary/aromatic N) is 1. The van der Waals surface area contributed by atoms with Crippen LogP contribution in [0.4, 0.5) is 5.69 Å². The smallest absolute Gasteiger partial charge is 0.0642 e. The third-order valence-electron chi connectivity index (χ3n) is 3.92. The van der Waals surface area contributed by atoms with E-state index in [1.165, 1.54) is 17.7 Å². The first kappa shape index (κ1) is 14.2. The van der Waals surface area contributed by atoms with Crippen LogP contribution in [0.5, 0.6) is 0 Å². The van der Waals surface area contributed by atoms with Crippen LogP contribution in [-0.4, -0.2) is 13.1 Å². The van der Waals surface area contributed by atoms with E-state index in [9.17, 15) is 0 Å². The van der Waals surface area contributed by atoms with Crippen molar-refractivity contribution in [1.29, 1.82) is 0 Å². The summed E-state index contributed by atoms with van der Waals surface area (Å²) in [6.07, 6.45) is 1.26. The molecule has 1 heterocycles. The zero-order valence-electron chi connectivity index (χ0n) is 11.3. The number of hydrogen-bond donors (Lipinski definition) is 0. The molecule has 1 aromatic carbocycles. The van der Waals surface area contributed by atoms with Gasteiger partial charge in [-0.15, -0.1) is 0 Å². The van der Waals surface area contributed by atoms with Gasteiger partial charge < -0.3 is 4.90 Å². The molecular weight excluding hydrogens is 310 g/mol. The minimum atomic E-state index is 0.386. The van der Waals surface area contributed by atoms with Crippen LogP contribution in [0.25, 0.3) is 0 Å². The Balaban J connectivity index is 2.14. The molecule has 0 bridgehead atoms. The van der Waals surface area contributed by atoms with E-state index in [0.717, 1.165) is 29.4 Å². The molecule has 1 aromatic rings. The number of benzene rings is 1. The molecule has 0 N–H and O–H groups in total. The normalized spacial score (nSPS) is 20.5. The fourth-order valence-electron chi connectivity index (χ4n) is 2.58. The van der Waals surface area contributed by atoms with Gasteiger partial charge >= 0.3 is 0 Å². The lowest BCUT2D eigenvalue weighted by atomic mass is 9.80. The Bertz CT molecular complexity index is 425. The maximum absolute atomic E-state index is 6.39. The van der Waals surface area contributed by atoms with Gasteiger partial charge in [-0.2, -0.15) is 0 Å². The van der Waals surface area contributed by atoms with Crippen LogP contribution in [0.1, 0.15) is 32.8 Å². The molecule has 0 radical (unpaired) electrons. The fourth-order valence-corrected chi connectivity index (χ4v) is 3.25. The molecule has 0 spiro atoms. The molecule has 0 aromatic heterocycles. The van der Waals surface area contributed by atoms with E-state index in [2.05, 4.69) is 59.8 Å². The van der Waals surface area contributed by atoms with Crippen LogP contribution in [0.15, 0.2) is 18.2 Å². The molecule has 18 heavy (non-hydrogen) atoms. The van der Waals surface area contributed by atoms with Gasteiger partial charge in [0.05, 0.1) is 10.7 Å². The number of hydrogen-bond acceptors (Lipinski definition) is 1. The molecular formula is C15H21BrClN. The lowest BCUT2D eigenvalue weighted by Gasteiger charge is -2.27. The second kappa shape index (κ2) is 5.42. The van der Waals surface area contributed by atoms with E-state index < -0.39 is 0 Å². The lowest BCUT2D eigenvalue weighted by molar-refractivity contribution is 0.263. The third-order valence-corrected chi connectivity index (χ3v) is 4.87. The van der Waals surface area contributed by atoms with Crippen molar-refractivity contribution in [2.45, 2.75) is 32.5 Å². The standard InChI is InChI=1S/C15H21BrClN/c1-15(2,3)12-6-7-18(10-12)14-5-4-11(9-16)8-13(14)17/h4-5,8,12H,6-7,9-10H2,1-3H3. The Morgan fingerprint density at radius 3 is 2.61 bits per heavy atom. The van der Waals surface area contributed by atoms with Gasteiger partial charge in [0.15, 0.2) is 0 Å². The van der Waals surface area contributed by atoms with E-state index in [1.807, 2.05) is 0 Å². The van der Waals surface area contributed by atoms with Gasteiger partial charge in [0.25, 0.3) is 0 Å². The van der Waals surface area contributed by atoms with Gasteiger partial charge in [-0.3, -0.25) is 0 Å². The first-order chi connectivity index (χ1) is 8.41. The molecule has 2 rings (SSSR count). The molecule has 0 amide bonds. The number of halogens is 2. The summed E-state index contributed by atoms with van der Waals surface area (Å²) in [4.78, 5) is 2.43. The van der Waals surface area contributed by atoms with Gasteiger partial charge in [-0.1, -0.05) is 54.4 Å². The van der Waals surface area contributed by atoms with Crippen molar-refractivity contribution >= 4 is 33.2 Å². The van der Waals surface area contributed by atoms with Gasteiger partial charge in [-0.25, -0.2) is 0 Å². The van der Waals surface area contributed by atoms with E-state index in [0.29, 0.717) is 5.41 Å². The first-order valence-electron chi connectivity index (χ1n) is 6.51. The number of anilines is 1. The Morgan fingerprint density at radius 2 is 2.11 bits per heavy atom. The molecule has 0 aliphatic carbocycles. The molecule has 1 fully saturated rings. The highest BCUT2D eigenvalue weighted by Crippen LogP contribution is 2.38. The van der Waals surface area contributed by atoms with Crippen molar-refractivity contribution in [3.63, 3.8) is 0 Å². The van der Waals surface area contributed by atoms with Crippen LogP contribution < -0.4 is 4.90 Å². The van der Waals surface area contributed by atoms with Crippen LogP contribution >= 0.6 is 27.5 Å². The molecule has 1 unspecified atom stereocenters. The Labute approximate surface area is 124 Å². The number of alkyl halides is 1. The lowest BCUT2D eigenvalue weighted by Crippen LogP contribution is -2.25. The largest absolute Gasteiger partial charge is 0.370 e. The summed E-state index contributed by atoms with van der Waals surface area (Å²) in [6, 6.07) is 6.38. The molecule has 1 atom stereocenters. The van der Waals surface area contributed by atoms with Crippen LogP contribution in [0, 0.1) is 11.3 Å². The van der Waals surface area contributed by atoms with Gasteiger partial charge in [0.1, 0.15) is 0 Å². The van der Waals surface area contributed by atoms with Gasteiger partial charge in [-0.05, 0) is 35.4 Å². The summed E-state index contributed by atoms with van der Waals surface area (Å²) in [7, 11) is 0. The summed E-state index contributed by atoms with van der Waals surface area (Å²) < 4.78 is 0. The summed E-state index contributed by atoms with van der Waals surface area (Å²) in [5, 5.41) is 1.74. The van der Waals surface area contributed by atoms with E-state index >= 15 is 0 Å². The summed E-state index contributed by atoms with van der Waals surface area (Å²) in [5.41, 5.74) is 2.81. The molecule has 1 aliphatic rings. The van der Waals surface area contributed by atoms with Crippen molar-refractivity contribution in [2.75, 3.05) is 18.0 Å². The topological polar surface area (TPSA) is 3.24 Å². The highest BCUT2D eigenvalue weighted by atomic mass is 79.9. The van der Waals surface area contributed by atoms with Gasteiger partial charge in [0, 0.05) is 18.4 Å². The first-order valence-corrected chi connectivity index (χ1v) is 8.01. The minimum Gasteiger partial charge on any atom is -0.370 e. The Hall–Kier alpha value is -0.210. The van der Waals surface area contributed by atoms with Crippen LogP contribution in [0.2, 0.25) is 5.02 Å². The second-order valence-electron chi connectivity index (χ2n) is 6.22. The summed E-state index contributed by atoms with van der Waals surface area (Å²) in [5.74, 6) is 0.754. The average Bonchev–Trinajstić information content (AvgIpc) is 2.77. The molecule has 1 aliphatic heterocycles. The Morgan fingerprint density at radius 1 is 1.39 bits per heavy atom. The fraction of sp³-hybridized carbons (Fsp3) is 0.600. The maximum Gasteiger partial charge on any atom is 0.0642 e. The van der Waals surface area contributed by atoms with E-state index in [1.54, 1.807) is 0 Å². The quantitative estimate of drug-likeness (QED) is 0.681. The monoisotopic (exact) mass is 329 g/mol. The van der Waals surface area contributed by atoms with Crippen LogP contribution in [-0.2, 0) is 5.33 Å². The summed E-state index contributed by atoms with van der Waals surface area (Å²) >= 11 is 9.85. The third kappa shape index (κ3) is 3.03. The Kier molecular flexibility index (Phi) is 4.28. The molecule has 1 saturated heterocycles. The predicted molar refractivity (Wildman–Crippen MR) is 83.9 cm³/mol. The highest BCUT2D eigenvalue weighted by Gasteiger charge is 2.32. The maximum atomic E-state index is 6.39. The second-order valence-corrected chi connectivity index (χ2v) is 7.18. The summed E-state index contributed by atoms with van der Waals surface area (Å²) in [6.45, 7) is 9.23. The van der Waals surface area contributed by atoms with Crippen molar-refractivity contribution in [3.8, 4) is 0 Å². The van der Waals surface area contributed by atoms with Crippen molar-refractivity contribution in [1.82, 2.24) is 0 Å². The van der Waals surface area contributed by atoms with Gasteiger partial charge in [0.2, 0.25) is 0 Å². The van der Waals surface area contributed by atoms with Crippen molar-refractivity contribution < 1.29 is 0 Å². The van der Waals surface area contributed by atoms with Crippen LogP contribution in [0.3, 0.4) is 0 Å². The molecule has 1 nitrogen and oxygen atoms in total. The van der Waals surface area contributed by atoms with E-state index in [-0.39, 0.29) is 0 Å². The molecule has 3 heteroatoms. The van der Waals surface area contributed by atoms with Crippen molar-refractivity contribution in [2.24, 2.45) is 11.3 Å². The SMILES string of the molecule is CC(C)(C)C1CCN(c2ccc(CBr)cc2Cl)C1. The average molecular weight is 331 g/mol. The molecule has 100 valence electrons. The molecule has 0 saturated carbocycles.